The van der Waals surface area contributed by atoms with Crippen LogP contribution in [0.1, 0.15) is 84.7 Å². The first-order valence-electron chi connectivity index (χ1n) is 11.6. The van der Waals surface area contributed by atoms with Crippen molar-refractivity contribution in [1.29, 1.82) is 0 Å². The van der Waals surface area contributed by atoms with Gasteiger partial charge in [0.15, 0.2) is 0 Å². The topological polar surface area (TPSA) is 84.2 Å². The molecule has 1 aromatic heterocycles. The third kappa shape index (κ3) is 3.10. The Morgan fingerprint density at radius 1 is 1.03 bits per heavy atom. The average molecular weight is 420 g/mol. The summed E-state index contributed by atoms with van der Waals surface area (Å²) in [6.07, 6.45) is 11.2. The third-order valence-electron chi connectivity index (χ3n) is 8.36. The molecule has 5 aliphatic rings. The van der Waals surface area contributed by atoms with Gasteiger partial charge in [-0.15, -0.1) is 0 Å². The van der Waals surface area contributed by atoms with Crippen molar-refractivity contribution in [2.45, 2.75) is 69.2 Å². The van der Waals surface area contributed by atoms with E-state index >= 15 is 0 Å². The Hall–Kier alpha value is -2.63. The summed E-state index contributed by atoms with van der Waals surface area (Å²) in [5, 5.41) is 17.3. The molecule has 7 rings (SSSR count). The summed E-state index contributed by atoms with van der Waals surface area (Å²) in [4.78, 5) is 24.8. The lowest BCUT2D eigenvalue weighted by Crippen LogP contribution is -2.59. The minimum Gasteiger partial charge on any atom is -0.478 e. The maximum atomic E-state index is 13.6. The van der Waals surface area contributed by atoms with E-state index in [4.69, 9.17) is 0 Å². The van der Waals surface area contributed by atoms with Crippen LogP contribution in [-0.2, 0) is 5.41 Å². The lowest BCUT2D eigenvalue weighted by molar-refractivity contribution is -0.0167. The van der Waals surface area contributed by atoms with Crippen molar-refractivity contribution in [3.05, 3.63) is 47.3 Å². The van der Waals surface area contributed by atoms with Crippen LogP contribution in [0, 0.1) is 17.8 Å². The number of carboxylic acids is 1. The van der Waals surface area contributed by atoms with Gasteiger partial charge in [-0.25, -0.2) is 9.48 Å². The summed E-state index contributed by atoms with van der Waals surface area (Å²) in [6.45, 7) is 2.19. The van der Waals surface area contributed by atoms with Gasteiger partial charge in [-0.1, -0.05) is 6.92 Å². The van der Waals surface area contributed by atoms with E-state index in [1.54, 1.807) is 30.5 Å². The number of aromatic carboxylic acids is 1. The number of carbonyl (C=O) groups excluding carboxylic acids is 1. The molecule has 0 spiro atoms. The number of hydrogen-bond donors (Lipinski definition) is 2. The summed E-state index contributed by atoms with van der Waals surface area (Å²) in [6, 6.07) is 6.72. The van der Waals surface area contributed by atoms with Gasteiger partial charge in [-0.3, -0.25) is 4.79 Å². The predicted octanol–water partition coefficient (Wildman–Crippen LogP) is 4.32. The fourth-order valence-corrected chi connectivity index (χ4v) is 7.03. The Morgan fingerprint density at radius 3 is 2.13 bits per heavy atom. The second kappa shape index (κ2) is 6.44. The molecule has 0 saturated heterocycles. The molecule has 2 N–H and O–H groups in total. The van der Waals surface area contributed by atoms with Crippen LogP contribution in [0.4, 0.5) is 0 Å². The van der Waals surface area contributed by atoms with Crippen LogP contribution in [0.2, 0.25) is 0 Å². The molecular formula is C25H29N3O3. The fourth-order valence-electron chi connectivity index (χ4n) is 7.03. The Kier molecular flexibility index (Phi) is 3.96. The molecule has 0 atom stereocenters. The summed E-state index contributed by atoms with van der Waals surface area (Å²) < 4.78 is 1.84. The van der Waals surface area contributed by atoms with Gasteiger partial charge in [-0.2, -0.15) is 5.10 Å². The van der Waals surface area contributed by atoms with Crippen LogP contribution < -0.4 is 5.32 Å². The smallest absolute Gasteiger partial charge is 0.335 e. The minimum atomic E-state index is -0.947. The first kappa shape index (κ1) is 19.1. The molecule has 1 aromatic carbocycles. The Morgan fingerprint density at radius 2 is 1.61 bits per heavy atom. The van der Waals surface area contributed by atoms with Crippen molar-refractivity contribution < 1.29 is 14.7 Å². The number of nitrogens with zero attached hydrogens (tertiary/aromatic N) is 2. The molecule has 0 unspecified atom stereocenters. The maximum Gasteiger partial charge on any atom is 0.335 e. The number of carboxylic acid groups (broad SMARTS) is 1. The fraction of sp³-hybridized carbons (Fsp3) is 0.560. The predicted molar refractivity (Wildman–Crippen MR) is 115 cm³/mol. The van der Waals surface area contributed by atoms with E-state index in [0.717, 1.165) is 61.2 Å². The van der Waals surface area contributed by atoms with E-state index in [1.807, 2.05) is 4.68 Å². The van der Waals surface area contributed by atoms with E-state index in [1.165, 1.54) is 19.3 Å². The van der Waals surface area contributed by atoms with Gasteiger partial charge in [0.2, 0.25) is 0 Å². The lowest BCUT2D eigenvalue weighted by Gasteiger charge is -2.56. The number of benzene rings is 1. The Labute approximate surface area is 182 Å². The summed E-state index contributed by atoms with van der Waals surface area (Å²) in [5.41, 5.74) is 2.59. The minimum absolute atomic E-state index is 0.0125. The number of carbonyl (C=O) groups is 2. The van der Waals surface area contributed by atoms with Crippen molar-refractivity contribution in [2.75, 3.05) is 0 Å². The maximum absolute atomic E-state index is 13.6. The molecule has 0 radical (unpaired) electrons. The first-order valence-corrected chi connectivity index (χ1v) is 11.6. The molecule has 6 nitrogen and oxygen atoms in total. The molecular weight excluding hydrogens is 390 g/mol. The highest BCUT2D eigenvalue weighted by molar-refractivity contribution is 5.96. The highest BCUT2D eigenvalue weighted by Crippen LogP contribution is 2.56. The lowest BCUT2D eigenvalue weighted by atomic mass is 9.53. The SMILES string of the molecule is CC1(c2c(C(=O)NC34CC5CC(CC(C5)C3)C4)cnn2-c2ccc(C(=O)O)cc2)CC1. The van der Waals surface area contributed by atoms with Gasteiger partial charge >= 0.3 is 5.97 Å². The standard InChI is InChI=1S/C25H29N3O3/c1-24(6-7-24)21-20(14-26-28(21)19-4-2-18(3-5-19)23(30)31)22(29)27-25-11-15-8-16(12-25)10-17(9-15)13-25/h2-5,14-17H,6-13H2,1H3,(H,27,29)(H,30,31). The van der Waals surface area contributed by atoms with Crippen LogP contribution in [0.3, 0.4) is 0 Å². The molecule has 0 aliphatic heterocycles. The molecule has 5 saturated carbocycles. The van der Waals surface area contributed by atoms with Crippen molar-refractivity contribution in [2.24, 2.45) is 17.8 Å². The van der Waals surface area contributed by atoms with Gasteiger partial charge in [0, 0.05) is 11.0 Å². The monoisotopic (exact) mass is 419 g/mol. The second-order valence-electron chi connectivity index (χ2n) is 10.9. The summed E-state index contributed by atoms with van der Waals surface area (Å²) >= 11 is 0. The summed E-state index contributed by atoms with van der Waals surface area (Å²) in [5.74, 6) is 1.41. The molecule has 1 amide bonds. The normalized spacial score (nSPS) is 32.1. The van der Waals surface area contributed by atoms with Crippen molar-refractivity contribution in [3.63, 3.8) is 0 Å². The molecule has 2 aromatic rings. The molecule has 1 heterocycles. The molecule has 162 valence electrons. The number of aromatic nitrogens is 2. The zero-order chi connectivity index (χ0) is 21.4. The van der Waals surface area contributed by atoms with Gasteiger partial charge < -0.3 is 10.4 Å². The zero-order valence-corrected chi connectivity index (χ0v) is 17.9. The van der Waals surface area contributed by atoms with Gasteiger partial charge in [-0.05, 0) is 93.4 Å². The quantitative estimate of drug-likeness (QED) is 0.756. The van der Waals surface area contributed by atoms with Crippen LogP contribution >= 0.6 is 0 Å². The molecule has 5 aliphatic carbocycles. The molecule has 4 bridgehead atoms. The zero-order valence-electron chi connectivity index (χ0n) is 17.9. The van der Waals surface area contributed by atoms with Crippen LogP contribution in [0.5, 0.6) is 0 Å². The van der Waals surface area contributed by atoms with Gasteiger partial charge in [0.05, 0.1) is 28.7 Å². The van der Waals surface area contributed by atoms with E-state index in [0.29, 0.717) is 5.56 Å². The van der Waals surface area contributed by atoms with Gasteiger partial charge in [0.25, 0.3) is 5.91 Å². The van der Waals surface area contributed by atoms with Crippen molar-refractivity contribution in [3.8, 4) is 5.69 Å². The molecule has 6 heteroatoms. The first-order chi connectivity index (χ1) is 14.8. The molecule has 5 fully saturated rings. The molecule has 31 heavy (non-hydrogen) atoms. The highest BCUT2D eigenvalue weighted by atomic mass is 16.4. The average Bonchev–Trinajstić information content (AvgIpc) is 3.29. The Balaban J connectivity index is 1.33. The van der Waals surface area contributed by atoms with Crippen LogP contribution in [0.15, 0.2) is 30.5 Å². The van der Waals surface area contributed by atoms with Crippen LogP contribution in [0.25, 0.3) is 5.69 Å². The van der Waals surface area contributed by atoms with E-state index in [-0.39, 0.29) is 22.4 Å². The third-order valence-corrected chi connectivity index (χ3v) is 8.36. The Bertz CT molecular complexity index is 1030. The number of rotatable bonds is 5. The van der Waals surface area contributed by atoms with E-state index in [9.17, 15) is 14.7 Å². The number of hydrogen-bond acceptors (Lipinski definition) is 3. The van der Waals surface area contributed by atoms with Crippen LogP contribution in [-0.4, -0.2) is 32.3 Å². The largest absolute Gasteiger partial charge is 0.478 e. The second-order valence-corrected chi connectivity index (χ2v) is 10.9. The van der Waals surface area contributed by atoms with Crippen molar-refractivity contribution in [1.82, 2.24) is 15.1 Å². The number of nitrogens with one attached hydrogen (secondary N) is 1. The van der Waals surface area contributed by atoms with Gasteiger partial charge in [0.1, 0.15) is 0 Å². The highest BCUT2D eigenvalue weighted by Gasteiger charge is 2.52. The van der Waals surface area contributed by atoms with E-state index in [2.05, 4.69) is 17.3 Å². The van der Waals surface area contributed by atoms with Crippen molar-refractivity contribution >= 4 is 11.9 Å². The number of amides is 1. The summed E-state index contributed by atoms with van der Waals surface area (Å²) in [7, 11) is 0. The van der Waals surface area contributed by atoms with E-state index < -0.39 is 5.97 Å².